The lowest BCUT2D eigenvalue weighted by molar-refractivity contribution is -0.0441. The first-order chi connectivity index (χ1) is 12.2. The van der Waals surface area contributed by atoms with Crippen LogP contribution in [-0.4, -0.2) is 23.0 Å². The molecule has 1 aromatic carbocycles. The molecular weight excluding hydrogens is 344 g/mol. The van der Waals surface area contributed by atoms with E-state index in [4.69, 9.17) is 25.8 Å². The molecule has 0 radical (unpaired) electrons. The molecule has 7 heteroatoms. The van der Waals surface area contributed by atoms with E-state index in [0.717, 1.165) is 24.0 Å². The van der Waals surface area contributed by atoms with Crippen LogP contribution in [0.2, 0.25) is 5.02 Å². The minimum atomic E-state index is -0.321. The van der Waals surface area contributed by atoms with Crippen molar-refractivity contribution in [2.24, 2.45) is 0 Å². The van der Waals surface area contributed by atoms with E-state index in [-0.39, 0.29) is 16.9 Å². The third-order valence-corrected chi connectivity index (χ3v) is 4.29. The highest BCUT2D eigenvalue weighted by atomic mass is 35.5. The fourth-order valence-electron chi connectivity index (χ4n) is 2.50. The zero-order valence-electron chi connectivity index (χ0n) is 14.1. The maximum absolute atomic E-state index is 12.2. The molecule has 2 heterocycles. The molecule has 0 atom stereocenters. The zero-order valence-corrected chi connectivity index (χ0v) is 14.9. The molecule has 25 heavy (non-hydrogen) atoms. The van der Waals surface area contributed by atoms with Crippen molar-refractivity contribution in [3.8, 4) is 5.75 Å². The molecule has 0 N–H and O–H groups in total. The first-order valence-electron chi connectivity index (χ1n) is 8.39. The average molecular weight is 365 g/mol. The maximum Gasteiger partial charge on any atom is 0.289 e. The van der Waals surface area contributed by atoms with Gasteiger partial charge in [0.2, 0.25) is 0 Å². The SMILES string of the molecule is CCCCn1ncc(OCc2ccc(C3OCCO3)cc2)c(Cl)c1=O. The summed E-state index contributed by atoms with van der Waals surface area (Å²) in [7, 11) is 0. The summed E-state index contributed by atoms with van der Waals surface area (Å²) < 4.78 is 17.9. The molecule has 134 valence electrons. The Hall–Kier alpha value is -1.89. The number of aromatic nitrogens is 2. The molecule has 1 saturated heterocycles. The lowest BCUT2D eigenvalue weighted by atomic mass is 10.1. The van der Waals surface area contributed by atoms with Gasteiger partial charge in [-0.3, -0.25) is 4.79 Å². The van der Waals surface area contributed by atoms with Gasteiger partial charge < -0.3 is 14.2 Å². The second-order valence-corrected chi connectivity index (χ2v) is 6.19. The first-order valence-corrected chi connectivity index (χ1v) is 8.77. The molecule has 0 unspecified atom stereocenters. The number of hydrogen-bond acceptors (Lipinski definition) is 5. The normalized spacial score (nSPS) is 14.8. The van der Waals surface area contributed by atoms with Crippen LogP contribution in [0.3, 0.4) is 0 Å². The maximum atomic E-state index is 12.2. The summed E-state index contributed by atoms with van der Waals surface area (Å²) in [6, 6.07) is 7.75. The molecule has 0 amide bonds. The zero-order chi connectivity index (χ0) is 17.6. The molecule has 1 aromatic heterocycles. The van der Waals surface area contributed by atoms with Crippen LogP contribution in [0, 0.1) is 0 Å². The third kappa shape index (κ3) is 4.39. The summed E-state index contributed by atoms with van der Waals surface area (Å²) in [6.07, 6.45) is 3.07. The van der Waals surface area contributed by atoms with Gasteiger partial charge in [-0.25, -0.2) is 4.68 Å². The predicted octanol–water partition coefficient (Wildman–Crippen LogP) is 3.32. The van der Waals surface area contributed by atoms with Gasteiger partial charge in [-0.05, 0) is 12.0 Å². The van der Waals surface area contributed by atoms with Gasteiger partial charge in [0.1, 0.15) is 6.61 Å². The van der Waals surface area contributed by atoms with Gasteiger partial charge in [0.25, 0.3) is 5.56 Å². The van der Waals surface area contributed by atoms with Crippen LogP contribution in [0.15, 0.2) is 35.3 Å². The van der Waals surface area contributed by atoms with E-state index < -0.39 is 0 Å². The molecule has 0 aliphatic carbocycles. The molecule has 6 nitrogen and oxygen atoms in total. The van der Waals surface area contributed by atoms with E-state index in [1.54, 1.807) is 0 Å². The molecular formula is C18H21ClN2O4. The molecule has 1 fully saturated rings. The van der Waals surface area contributed by atoms with E-state index in [1.807, 2.05) is 24.3 Å². The Kier molecular flexibility index (Phi) is 6.07. The highest BCUT2D eigenvalue weighted by Gasteiger charge is 2.18. The Morgan fingerprint density at radius 3 is 2.68 bits per heavy atom. The summed E-state index contributed by atoms with van der Waals surface area (Å²) in [6.45, 7) is 4.14. The van der Waals surface area contributed by atoms with Gasteiger partial charge in [0, 0.05) is 12.1 Å². The number of unbranched alkanes of at least 4 members (excludes halogenated alkanes) is 1. The van der Waals surface area contributed by atoms with Gasteiger partial charge in [0.05, 0.1) is 19.4 Å². The monoisotopic (exact) mass is 364 g/mol. The largest absolute Gasteiger partial charge is 0.485 e. The van der Waals surface area contributed by atoms with Gasteiger partial charge in [-0.2, -0.15) is 5.10 Å². The first kappa shape index (κ1) is 17.9. The summed E-state index contributed by atoms with van der Waals surface area (Å²) in [5, 5.41) is 4.18. The number of nitrogens with zero attached hydrogens (tertiary/aromatic N) is 2. The second kappa shape index (κ2) is 8.47. The van der Waals surface area contributed by atoms with E-state index in [1.165, 1.54) is 10.9 Å². The summed E-state index contributed by atoms with van der Waals surface area (Å²) in [5.74, 6) is 0.297. The van der Waals surface area contributed by atoms with Crippen molar-refractivity contribution in [1.29, 1.82) is 0 Å². The molecule has 2 aromatic rings. The Balaban J connectivity index is 1.63. The van der Waals surface area contributed by atoms with Crippen molar-refractivity contribution in [3.05, 3.63) is 57.0 Å². The number of rotatable bonds is 7. The number of aryl methyl sites for hydroxylation is 1. The van der Waals surface area contributed by atoms with Crippen LogP contribution in [0.1, 0.15) is 37.2 Å². The van der Waals surface area contributed by atoms with E-state index in [2.05, 4.69) is 12.0 Å². The molecule has 0 saturated carbocycles. The predicted molar refractivity (Wildman–Crippen MR) is 93.8 cm³/mol. The van der Waals surface area contributed by atoms with Crippen LogP contribution >= 0.6 is 11.6 Å². The van der Waals surface area contributed by atoms with Crippen LogP contribution in [0.5, 0.6) is 5.75 Å². The standard InChI is InChI=1S/C18H21ClN2O4/c1-2-3-8-21-17(22)16(19)15(11-20-21)25-12-13-4-6-14(7-5-13)18-23-9-10-24-18/h4-7,11,18H,2-3,8-10,12H2,1H3. The fraction of sp³-hybridized carbons (Fsp3) is 0.444. The summed E-state index contributed by atoms with van der Waals surface area (Å²) in [4.78, 5) is 12.2. The molecule has 1 aliphatic rings. The number of hydrogen-bond donors (Lipinski definition) is 0. The Morgan fingerprint density at radius 1 is 1.28 bits per heavy atom. The lowest BCUT2D eigenvalue weighted by Crippen LogP contribution is -2.23. The van der Waals surface area contributed by atoms with Crippen molar-refractivity contribution >= 4 is 11.6 Å². The van der Waals surface area contributed by atoms with E-state index in [9.17, 15) is 4.79 Å². The van der Waals surface area contributed by atoms with Gasteiger partial charge in [-0.1, -0.05) is 49.2 Å². The van der Waals surface area contributed by atoms with Crippen molar-refractivity contribution in [3.63, 3.8) is 0 Å². The molecule has 3 rings (SSSR count). The Labute approximate surface area is 151 Å². The number of ether oxygens (including phenoxy) is 3. The van der Waals surface area contributed by atoms with E-state index in [0.29, 0.717) is 32.1 Å². The highest BCUT2D eigenvalue weighted by molar-refractivity contribution is 6.31. The summed E-state index contributed by atoms with van der Waals surface area (Å²) in [5.41, 5.74) is 1.60. The number of benzene rings is 1. The van der Waals surface area contributed by atoms with Crippen LogP contribution in [-0.2, 0) is 22.6 Å². The van der Waals surface area contributed by atoms with E-state index >= 15 is 0 Å². The lowest BCUT2D eigenvalue weighted by Gasteiger charge is -2.11. The van der Waals surface area contributed by atoms with Crippen LogP contribution < -0.4 is 10.3 Å². The minimum Gasteiger partial charge on any atom is -0.485 e. The van der Waals surface area contributed by atoms with Gasteiger partial charge >= 0.3 is 0 Å². The minimum absolute atomic E-state index is 0.0653. The number of halogens is 1. The van der Waals surface area contributed by atoms with Gasteiger partial charge in [-0.15, -0.1) is 0 Å². The van der Waals surface area contributed by atoms with Crippen molar-refractivity contribution < 1.29 is 14.2 Å². The van der Waals surface area contributed by atoms with Crippen molar-refractivity contribution in [1.82, 2.24) is 9.78 Å². The Morgan fingerprint density at radius 2 is 2.00 bits per heavy atom. The molecule has 0 bridgehead atoms. The summed E-state index contributed by atoms with van der Waals surface area (Å²) >= 11 is 6.12. The highest BCUT2D eigenvalue weighted by Crippen LogP contribution is 2.24. The molecule has 0 spiro atoms. The van der Waals surface area contributed by atoms with Crippen molar-refractivity contribution in [2.45, 2.75) is 39.2 Å². The van der Waals surface area contributed by atoms with Crippen LogP contribution in [0.4, 0.5) is 0 Å². The van der Waals surface area contributed by atoms with Crippen LogP contribution in [0.25, 0.3) is 0 Å². The third-order valence-electron chi connectivity index (χ3n) is 3.94. The van der Waals surface area contributed by atoms with Crippen molar-refractivity contribution in [2.75, 3.05) is 13.2 Å². The topological polar surface area (TPSA) is 62.6 Å². The molecule has 1 aliphatic heterocycles. The average Bonchev–Trinajstić information content (AvgIpc) is 3.17. The quantitative estimate of drug-likeness (QED) is 0.754. The Bertz CT molecular complexity index is 755. The smallest absolute Gasteiger partial charge is 0.289 e. The second-order valence-electron chi connectivity index (χ2n) is 5.81. The van der Waals surface area contributed by atoms with Gasteiger partial charge in [0.15, 0.2) is 17.1 Å². The fourth-order valence-corrected chi connectivity index (χ4v) is 2.70.